The van der Waals surface area contributed by atoms with Gasteiger partial charge in [0.15, 0.2) is 0 Å². The van der Waals surface area contributed by atoms with Crippen LogP contribution in [0.4, 0.5) is 0 Å². The van der Waals surface area contributed by atoms with E-state index in [1.54, 1.807) is 11.8 Å². The second-order valence-electron chi connectivity index (χ2n) is 8.75. The minimum Gasteiger partial charge on any atom is -0.497 e. The van der Waals surface area contributed by atoms with Crippen LogP contribution in [0.5, 0.6) is 5.75 Å². The van der Waals surface area contributed by atoms with E-state index in [0.717, 1.165) is 46.7 Å². The van der Waals surface area contributed by atoms with Crippen LogP contribution in [0.25, 0.3) is 16.9 Å². The Balaban J connectivity index is 1.64. The lowest BCUT2D eigenvalue weighted by atomic mass is 10.1. The Bertz CT molecular complexity index is 1280. The Morgan fingerprint density at radius 3 is 2.56 bits per heavy atom. The van der Waals surface area contributed by atoms with Crippen LogP contribution in [-0.4, -0.2) is 28.8 Å². The van der Waals surface area contributed by atoms with E-state index in [2.05, 4.69) is 35.6 Å². The van der Waals surface area contributed by atoms with Crippen molar-refractivity contribution < 1.29 is 9.53 Å². The zero-order chi connectivity index (χ0) is 24.1. The van der Waals surface area contributed by atoms with E-state index in [0.29, 0.717) is 5.69 Å². The molecule has 34 heavy (non-hydrogen) atoms. The number of nitrogens with one attached hydrogen (secondary N) is 1. The molecular formula is C29H31N3O2. The lowest BCUT2D eigenvalue weighted by molar-refractivity contribution is 0.0930. The van der Waals surface area contributed by atoms with Crippen molar-refractivity contribution in [2.45, 2.75) is 39.7 Å². The summed E-state index contributed by atoms with van der Waals surface area (Å²) in [6, 6.07) is 26.1. The quantitative estimate of drug-likeness (QED) is 0.360. The van der Waals surface area contributed by atoms with Gasteiger partial charge in [-0.3, -0.25) is 4.79 Å². The second-order valence-corrected chi connectivity index (χ2v) is 8.75. The van der Waals surface area contributed by atoms with Crippen LogP contribution in [0.3, 0.4) is 0 Å². The van der Waals surface area contributed by atoms with Crippen molar-refractivity contribution in [1.82, 2.24) is 15.1 Å². The molecule has 0 aliphatic rings. The molecule has 4 aromatic rings. The van der Waals surface area contributed by atoms with Gasteiger partial charge in [-0.1, -0.05) is 54.6 Å². The van der Waals surface area contributed by atoms with Crippen molar-refractivity contribution in [2.24, 2.45) is 0 Å². The highest BCUT2D eigenvalue weighted by atomic mass is 16.5. The van der Waals surface area contributed by atoms with Crippen molar-refractivity contribution in [3.05, 3.63) is 101 Å². The zero-order valence-corrected chi connectivity index (χ0v) is 20.2. The average Bonchev–Trinajstić information content (AvgIpc) is 3.30. The molecule has 5 heteroatoms. The minimum absolute atomic E-state index is 0.0231. The van der Waals surface area contributed by atoms with Gasteiger partial charge < -0.3 is 10.1 Å². The van der Waals surface area contributed by atoms with Crippen molar-refractivity contribution in [3.8, 4) is 22.7 Å². The maximum absolute atomic E-state index is 13.4. The summed E-state index contributed by atoms with van der Waals surface area (Å²) in [5, 5.41) is 8.02. The molecule has 0 fully saturated rings. The van der Waals surface area contributed by atoms with Gasteiger partial charge in [-0.25, -0.2) is 4.68 Å². The van der Waals surface area contributed by atoms with Gasteiger partial charge in [0.2, 0.25) is 0 Å². The molecular weight excluding hydrogens is 422 g/mol. The molecule has 174 valence electrons. The predicted octanol–water partition coefficient (Wildman–Crippen LogP) is 5.92. The maximum atomic E-state index is 13.4. The molecule has 0 aliphatic carbocycles. The number of carbonyl (C=O) groups excluding carboxylic acids is 1. The van der Waals surface area contributed by atoms with E-state index >= 15 is 0 Å². The van der Waals surface area contributed by atoms with E-state index in [9.17, 15) is 4.79 Å². The predicted molar refractivity (Wildman–Crippen MR) is 137 cm³/mol. The molecule has 1 atom stereocenters. The number of aromatic nitrogens is 2. The van der Waals surface area contributed by atoms with Crippen LogP contribution in [0.15, 0.2) is 78.9 Å². The smallest absolute Gasteiger partial charge is 0.270 e. The third-order valence-electron chi connectivity index (χ3n) is 5.99. The van der Waals surface area contributed by atoms with Gasteiger partial charge in [0.1, 0.15) is 11.4 Å². The highest BCUT2D eigenvalue weighted by molar-refractivity contribution is 5.94. The fourth-order valence-corrected chi connectivity index (χ4v) is 4.00. The van der Waals surface area contributed by atoms with E-state index in [1.807, 2.05) is 69.3 Å². The first-order valence-electron chi connectivity index (χ1n) is 11.6. The van der Waals surface area contributed by atoms with Crippen molar-refractivity contribution >= 4 is 5.91 Å². The molecule has 1 aromatic heterocycles. The first-order chi connectivity index (χ1) is 16.4. The molecule has 1 amide bonds. The minimum atomic E-state index is -0.136. The monoisotopic (exact) mass is 453 g/mol. The van der Waals surface area contributed by atoms with E-state index < -0.39 is 0 Å². The Morgan fingerprint density at radius 1 is 1.00 bits per heavy atom. The third kappa shape index (κ3) is 5.37. The van der Waals surface area contributed by atoms with Crippen LogP contribution in [0.2, 0.25) is 0 Å². The number of nitrogens with zero attached hydrogens (tertiary/aromatic N) is 2. The van der Waals surface area contributed by atoms with Gasteiger partial charge in [0.05, 0.1) is 18.5 Å². The Labute approximate surface area is 201 Å². The van der Waals surface area contributed by atoms with E-state index in [1.165, 1.54) is 5.56 Å². The summed E-state index contributed by atoms with van der Waals surface area (Å²) in [5.74, 6) is 0.613. The number of amides is 1. The highest BCUT2D eigenvalue weighted by Gasteiger charge is 2.20. The number of rotatable bonds is 8. The van der Waals surface area contributed by atoms with Gasteiger partial charge in [0, 0.05) is 11.6 Å². The summed E-state index contributed by atoms with van der Waals surface area (Å²) in [4.78, 5) is 13.4. The maximum Gasteiger partial charge on any atom is 0.270 e. The van der Waals surface area contributed by atoms with Crippen molar-refractivity contribution in [1.29, 1.82) is 0 Å². The molecule has 1 unspecified atom stereocenters. The number of methoxy groups -OCH3 is 1. The summed E-state index contributed by atoms with van der Waals surface area (Å²) in [5.41, 5.74) is 6.47. The average molecular weight is 454 g/mol. The lowest BCUT2D eigenvalue weighted by Crippen LogP contribution is -2.34. The summed E-state index contributed by atoms with van der Waals surface area (Å²) in [6.45, 7) is 6.12. The molecule has 0 saturated carbocycles. The summed E-state index contributed by atoms with van der Waals surface area (Å²) in [6.07, 6.45) is 1.77. The summed E-state index contributed by atoms with van der Waals surface area (Å²) in [7, 11) is 1.64. The summed E-state index contributed by atoms with van der Waals surface area (Å²) < 4.78 is 7.14. The number of carbonyl (C=O) groups is 1. The molecule has 1 heterocycles. The molecule has 0 aliphatic heterocycles. The van der Waals surface area contributed by atoms with Crippen LogP contribution in [-0.2, 0) is 6.42 Å². The fourth-order valence-electron chi connectivity index (χ4n) is 4.00. The van der Waals surface area contributed by atoms with Gasteiger partial charge in [-0.05, 0) is 74.6 Å². The van der Waals surface area contributed by atoms with Gasteiger partial charge in [-0.15, -0.1) is 0 Å². The van der Waals surface area contributed by atoms with Gasteiger partial charge in [-0.2, -0.15) is 5.10 Å². The van der Waals surface area contributed by atoms with Gasteiger partial charge >= 0.3 is 0 Å². The fraction of sp³-hybridized carbons (Fsp3) is 0.241. The third-order valence-corrected chi connectivity index (χ3v) is 5.99. The Kier molecular flexibility index (Phi) is 7.12. The Morgan fingerprint density at radius 2 is 1.79 bits per heavy atom. The molecule has 4 rings (SSSR count). The standard InChI is InChI=1S/C29H31N3O2/c1-20-13-14-21(2)27(17-20)32-28(19-26(31-32)24-11-8-12-25(18-24)34-4)29(33)30-22(3)15-16-23-9-6-5-7-10-23/h5-14,17-19,22H,15-16H2,1-4H3,(H,30,33). The van der Waals surface area contributed by atoms with E-state index in [4.69, 9.17) is 9.84 Å². The second kappa shape index (κ2) is 10.4. The summed E-state index contributed by atoms with van der Waals surface area (Å²) >= 11 is 0. The number of ether oxygens (including phenoxy) is 1. The first kappa shape index (κ1) is 23.3. The zero-order valence-electron chi connectivity index (χ0n) is 20.2. The number of benzene rings is 3. The molecule has 0 spiro atoms. The molecule has 3 aromatic carbocycles. The number of hydrogen-bond acceptors (Lipinski definition) is 3. The number of hydrogen-bond donors (Lipinski definition) is 1. The van der Waals surface area contributed by atoms with Crippen LogP contribution in [0, 0.1) is 13.8 Å². The van der Waals surface area contributed by atoms with Crippen LogP contribution < -0.4 is 10.1 Å². The lowest BCUT2D eigenvalue weighted by Gasteiger charge is -2.15. The molecule has 0 radical (unpaired) electrons. The van der Waals surface area contributed by atoms with Gasteiger partial charge in [0.25, 0.3) is 5.91 Å². The van der Waals surface area contributed by atoms with E-state index in [-0.39, 0.29) is 11.9 Å². The Hall–Kier alpha value is -3.86. The molecule has 0 bridgehead atoms. The SMILES string of the molecule is COc1cccc(-c2cc(C(=O)NC(C)CCc3ccccc3)n(-c3cc(C)ccc3C)n2)c1. The van der Waals surface area contributed by atoms with Crippen molar-refractivity contribution in [2.75, 3.05) is 7.11 Å². The molecule has 0 saturated heterocycles. The number of aryl methyl sites for hydroxylation is 3. The topological polar surface area (TPSA) is 56.1 Å². The first-order valence-corrected chi connectivity index (χ1v) is 11.6. The van der Waals surface area contributed by atoms with Crippen molar-refractivity contribution in [3.63, 3.8) is 0 Å². The largest absolute Gasteiger partial charge is 0.497 e. The normalized spacial score (nSPS) is 11.8. The van der Waals surface area contributed by atoms with Crippen LogP contribution in [0.1, 0.15) is 40.5 Å². The molecule has 1 N–H and O–H groups in total. The van der Waals surface area contributed by atoms with Crippen LogP contribution >= 0.6 is 0 Å². The molecule has 5 nitrogen and oxygen atoms in total. The highest BCUT2D eigenvalue weighted by Crippen LogP contribution is 2.26.